The normalized spacial score (nSPS) is 12.1. The molecule has 0 fully saturated rings. The molecule has 0 aliphatic rings. The van der Waals surface area contributed by atoms with Gasteiger partial charge in [0.25, 0.3) is 6.47 Å². The van der Waals surface area contributed by atoms with E-state index in [2.05, 4.69) is 13.5 Å². The highest BCUT2D eigenvalue weighted by molar-refractivity contribution is 5.37. The zero-order valence-electron chi connectivity index (χ0n) is 6.38. The fraction of sp³-hybridized carbons (Fsp3) is 0.625. The molecule has 0 saturated carbocycles. The summed E-state index contributed by atoms with van der Waals surface area (Å²) in [4.78, 5) is 9.87. The molecule has 0 spiro atoms. The van der Waals surface area contributed by atoms with Crippen molar-refractivity contribution in [1.29, 1.82) is 0 Å². The average molecular weight is 142 g/mol. The third kappa shape index (κ3) is 4.13. The van der Waals surface area contributed by atoms with Crippen molar-refractivity contribution in [2.75, 3.05) is 0 Å². The highest BCUT2D eigenvalue weighted by atomic mass is 16.5. The molecule has 0 amide bonds. The van der Waals surface area contributed by atoms with Crippen LogP contribution in [0.3, 0.4) is 0 Å². The third-order valence-corrected chi connectivity index (χ3v) is 1.34. The molecule has 0 aliphatic carbocycles. The maximum Gasteiger partial charge on any atom is 0.293 e. The van der Waals surface area contributed by atoms with Crippen LogP contribution in [0.15, 0.2) is 12.7 Å². The predicted molar refractivity (Wildman–Crippen MR) is 40.7 cm³/mol. The van der Waals surface area contributed by atoms with Gasteiger partial charge >= 0.3 is 0 Å². The second kappa shape index (κ2) is 6.33. The number of unbranched alkanes of at least 4 members (excludes halogenated alkanes) is 1. The molecule has 2 nitrogen and oxygen atoms in total. The van der Waals surface area contributed by atoms with Gasteiger partial charge in [-0.05, 0) is 12.8 Å². The van der Waals surface area contributed by atoms with Crippen LogP contribution < -0.4 is 0 Å². The van der Waals surface area contributed by atoms with Crippen molar-refractivity contribution in [2.24, 2.45) is 0 Å². The average Bonchev–Trinajstić information content (AvgIpc) is 1.98. The van der Waals surface area contributed by atoms with Crippen LogP contribution in [0, 0.1) is 0 Å². The molecule has 58 valence electrons. The number of hydrogen-bond donors (Lipinski definition) is 0. The minimum Gasteiger partial charge on any atom is -0.460 e. The fourth-order valence-corrected chi connectivity index (χ4v) is 0.718. The Balaban J connectivity index is 3.38. The molecule has 0 rings (SSSR count). The van der Waals surface area contributed by atoms with Crippen LogP contribution in [-0.2, 0) is 9.53 Å². The zero-order chi connectivity index (χ0) is 7.82. The first kappa shape index (κ1) is 9.21. The summed E-state index contributed by atoms with van der Waals surface area (Å²) in [6, 6.07) is 0. The van der Waals surface area contributed by atoms with E-state index in [0.717, 1.165) is 19.3 Å². The molecule has 0 aliphatic heterocycles. The van der Waals surface area contributed by atoms with E-state index in [-0.39, 0.29) is 6.10 Å². The van der Waals surface area contributed by atoms with E-state index in [4.69, 9.17) is 4.74 Å². The Morgan fingerprint density at radius 2 is 2.40 bits per heavy atom. The molecule has 2 heteroatoms. The molecule has 0 aromatic heterocycles. The lowest BCUT2D eigenvalue weighted by molar-refractivity contribution is -0.131. The van der Waals surface area contributed by atoms with Gasteiger partial charge in [-0.2, -0.15) is 0 Å². The quantitative estimate of drug-likeness (QED) is 0.418. The Kier molecular flexibility index (Phi) is 5.83. The first-order valence-electron chi connectivity index (χ1n) is 3.56. The van der Waals surface area contributed by atoms with E-state index >= 15 is 0 Å². The largest absolute Gasteiger partial charge is 0.460 e. The molecule has 0 radical (unpaired) electrons. The molecule has 0 bridgehead atoms. The first-order chi connectivity index (χ1) is 4.85. The second-order valence-corrected chi connectivity index (χ2v) is 2.15. The van der Waals surface area contributed by atoms with E-state index in [0.29, 0.717) is 6.47 Å². The summed E-state index contributed by atoms with van der Waals surface area (Å²) in [5.74, 6) is 0. The summed E-state index contributed by atoms with van der Waals surface area (Å²) in [7, 11) is 0. The summed E-state index contributed by atoms with van der Waals surface area (Å²) in [5, 5.41) is 0. The minimum atomic E-state index is -0.0857. The van der Waals surface area contributed by atoms with Gasteiger partial charge in [-0.3, -0.25) is 4.79 Å². The third-order valence-electron chi connectivity index (χ3n) is 1.34. The number of carbonyl (C=O) groups is 1. The predicted octanol–water partition coefficient (Wildman–Crippen LogP) is 1.90. The second-order valence-electron chi connectivity index (χ2n) is 2.15. The lowest BCUT2D eigenvalue weighted by atomic mass is 10.2. The topological polar surface area (TPSA) is 26.3 Å². The van der Waals surface area contributed by atoms with Gasteiger partial charge in [0, 0.05) is 0 Å². The molecule has 10 heavy (non-hydrogen) atoms. The maximum absolute atomic E-state index is 9.87. The Labute approximate surface area is 61.9 Å². The van der Waals surface area contributed by atoms with Crippen molar-refractivity contribution in [3.8, 4) is 0 Å². The summed E-state index contributed by atoms with van der Waals surface area (Å²) in [6.07, 6.45) is 4.65. The Hall–Kier alpha value is -0.790. The standard InChI is InChI=1S/C8H14O2/c1-3-5-6-8(4-2)10-7-9/h4,7-8H,2-3,5-6H2,1H3/t8-/m1/s1. The Morgan fingerprint density at radius 1 is 1.70 bits per heavy atom. The smallest absolute Gasteiger partial charge is 0.293 e. The van der Waals surface area contributed by atoms with E-state index in [9.17, 15) is 4.79 Å². The molecule has 0 N–H and O–H groups in total. The summed E-state index contributed by atoms with van der Waals surface area (Å²) >= 11 is 0. The van der Waals surface area contributed by atoms with Gasteiger partial charge in [-0.1, -0.05) is 26.0 Å². The molecule has 0 unspecified atom stereocenters. The number of ether oxygens (including phenoxy) is 1. The Morgan fingerprint density at radius 3 is 2.80 bits per heavy atom. The SMILES string of the molecule is C=C[C@H](CCCC)OC=O. The van der Waals surface area contributed by atoms with Gasteiger partial charge in [0.2, 0.25) is 0 Å². The lowest BCUT2D eigenvalue weighted by Crippen LogP contribution is -2.07. The minimum absolute atomic E-state index is 0.0857. The van der Waals surface area contributed by atoms with Crippen molar-refractivity contribution >= 4 is 6.47 Å². The number of hydrogen-bond acceptors (Lipinski definition) is 2. The van der Waals surface area contributed by atoms with Gasteiger partial charge in [-0.25, -0.2) is 0 Å². The van der Waals surface area contributed by atoms with Crippen molar-refractivity contribution in [2.45, 2.75) is 32.3 Å². The first-order valence-corrected chi connectivity index (χ1v) is 3.56. The number of carbonyl (C=O) groups excluding carboxylic acids is 1. The van der Waals surface area contributed by atoms with E-state index < -0.39 is 0 Å². The van der Waals surface area contributed by atoms with Crippen molar-refractivity contribution in [3.05, 3.63) is 12.7 Å². The van der Waals surface area contributed by atoms with Crippen LogP contribution >= 0.6 is 0 Å². The van der Waals surface area contributed by atoms with Gasteiger partial charge < -0.3 is 4.74 Å². The van der Waals surface area contributed by atoms with Gasteiger partial charge in [0.15, 0.2) is 0 Å². The van der Waals surface area contributed by atoms with Crippen LogP contribution in [0.1, 0.15) is 26.2 Å². The molecule has 0 aromatic carbocycles. The molecule has 0 aromatic rings. The highest BCUT2D eigenvalue weighted by Crippen LogP contribution is 2.03. The lowest BCUT2D eigenvalue weighted by Gasteiger charge is -2.07. The number of rotatable bonds is 6. The van der Waals surface area contributed by atoms with Crippen LogP contribution in [0.4, 0.5) is 0 Å². The Bertz CT molecular complexity index is 99.4. The van der Waals surface area contributed by atoms with E-state index in [1.165, 1.54) is 0 Å². The van der Waals surface area contributed by atoms with Crippen molar-refractivity contribution < 1.29 is 9.53 Å². The van der Waals surface area contributed by atoms with Crippen LogP contribution in [0.2, 0.25) is 0 Å². The highest BCUT2D eigenvalue weighted by Gasteiger charge is 2.00. The molecule has 1 atom stereocenters. The fourth-order valence-electron chi connectivity index (χ4n) is 0.718. The van der Waals surface area contributed by atoms with Crippen molar-refractivity contribution in [3.63, 3.8) is 0 Å². The monoisotopic (exact) mass is 142 g/mol. The van der Waals surface area contributed by atoms with Crippen molar-refractivity contribution in [1.82, 2.24) is 0 Å². The summed E-state index contributed by atoms with van der Waals surface area (Å²) in [5.41, 5.74) is 0. The van der Waals surface area contributed by atoms with E-state index in [1.54, 1.807) is 6.08 Å². The molecular weight excluding hydrogens is 128 g/mol. The molecule has 0 saturated heterocycles. The molecule has 0 heterocycles. The van der Waals surface area contributed by atoms with Crippen LogP contribution in [0.5, 0.6) is 0 Å². The van der Waals surface area contributed by atoms with E-state index in [1.807, 2.05) is 0 Å². The maximum atomic E-state index is 9.87. The van der Waals surface area contributed by atoms with Crippen LogP contribution in [-0.4, -0.2) is 12.6 Å². The summed E-state index contributed by atoms with van der Waals surface area (Å²) < 4.78 is 4.69. The van der Waals surface area contributed by atoms with Gasteiger partial charge in [0.1, 0.15) is 6.10 Å². The molecular formula is C8H14O2. The zero-order valence-corrected chi connectivity index (χ0v) is 6.38. The van der Waals surface area contributed by atoms with Gasteiger partial charge in [-0.15, -0.1) is 0 Å². The van der Waals surface area contributed by atoms with Gasteiger partial charge in [0.05, 0.1) is 0 Å². The summed E-state index contributed by atoms with van der Waals surface area (Å²) in [6.45, 7) is 6.12. The van der Waals surface area contributed by atoms with Crippen LogP contribution in [0.25, 0.3) is 0 Å².